The first kappa shape index (κ1) is 13.5. The highest BCUT2D eigenvalue weighted by Crippen LogP contribution is 2.43. The lowest BCUT2D eigenvalue weighted by Crippen LogP contribution is -1.97. The van der Waals surface area contributed by atoms with E-state index in [2.05, 4.69) is 4.74 Å². The molecular weight excluding hydrogens is 302 g/mol. The van der Waals surface area contributed by atoms with Crippen molar-refractivity contribution in [1.82, 2.24) is 0 Å². The van der Waals surface area contributed by atoms with Crippen molar-refractivity contribution < 1.29 is 19.8 Å². The van der Waals surface area contributed by atoms with E-state index in [1.807, 2.05) is 0 Å². The standard InChI is InChI=1S/C8Cl4O3.H2O/c9-3-1-2(8(14)15-7(1)13)4(10)6(12)5(3)11;/h;1H2. The van der Waals surface area contributed by atoms with E-state index in [1.54, 1.807) is 0 Å². The summed E-state index contributed by atoms with van der Waals surface area (Å²) in [6.07, 6.45) is 0. The van der Waals surface area contributed by atoms with Crippen molar-refractivity contribution in [1.29, 1.82) is 0 Å². The summed E-state index contributed by atoms with van der Waals surface area (Å²) in [5.74, 6) is -1.75. The van der Waals surface area contributed by atoms with E-state index < -0.39 is 11.9 Å². The van der Waals surface area contributed by atoms with Crippen LogP contribution in [-0.2, 0) is 4.74 Å². The smallest absolute Gasteiger partial charge is 0.348 e. The summed E-state index contributed by atoms with van der Waals surface area (Å²) in [6, 6.07) is 0. The molecule has 1 aliphatic rings. The predicted molar refractivity (Wildman–Crippen MR) is 59.8 cm³/mol. The monoisotopic (exact) mass is 302 g/mol. The first-order chi connectivity index (χ1) is 6.95. The van der Waals surface area contributed by atoms with Gasteiger partial charge in [0, 0.05) is 0 Å². The maximum atomic E-state index is 11.2. The Labute approximate surface area is 109 Å². The van der Waals surface area contributed by atoms with Crippen LogP contribution in [0, 0.1) is 0 Å². The zero-order valence-corrected chi connectivity index (χ0v) is 10.3. The summed E-state index contributed by atoms with van der Waals surface area (Å²) in [7, 11) is 0. The molecule has 0 amide bonds. The number of halogens is 4. The van der Waals surface area contributed by atoms with Gasteiger partial charge in [-0.05, 0) is 0 Å². The molecule has 0 saturated carbocycles. The Balaban J connectivity index is 0.00000128. The molecule has 0 radical (unpaired) electrons. The average molecular weight is 304 g/mol. The average Bonchev–Trinajstić information content (AvgIpc) is 2.47. The normalized spacial score (nSPS) is 13.2. The number of carbonyl (C=O) groups is 2. The third-order valence-electron chi connectivity index (χ3n) is 1.86. The molecule has 0 saturated heterocycles. The second kappa shape index (κ2) is 4.39. The van der Waals surface area contributed by atoms with Gasteiger partial charge in [0.1, 0.15) is 0 Å². The van der Waals surface area contributed by atoms with Gasteiger partial charge >= 0.3 is 11.9 Å². The number of cyclic esters (lactones) is 2. The Hall–Kier alpha value is -0.520. The maximum Gasteiger partial charge on any atom is 0.348 e. The van der Waals surface area contributed by atoms with Crippen LogP contribution < -0.4 is 0 Å². The van der Waals surface area contributed by atoms with Crippen LogP contribution in [0.1, 0.15) is 20.7 Å². The molecule has 8 heteroatoms. The number of fused-ring (bicyclic) bond motifs is 1. The van der Waals surface area contributed by atoms with Gasteiger partial charge in [-0.25, -0.2) is 9.59 Å². The maximum absolute atomic E-state index is 11.2. The second-order valence-electron chi connectivity index (χ2n) is 2.68. The lowest BCUT2D eigenvalue weighted by molar-refractivity contribution is 0.0444. The molecule has 86 valence electrons. The largest absolute Gasteiger partial charge is 0.412 e. The fraction of sp³-hybridized carbons (Fsp3) is 0. The van der Waals surface area contributed by atoms with Gasteiger partial charge in [-0.1, -0.05) is 46.4 Å². The van der Waals surface area contributed by atoms with Gasteiger partial charge < -0.3 is 10.2 Å². The first-order valence-corrected chi connectivity index (χ1v) is 5.08. The van der Waals surface area contributed by atoms with Crippen LogP contribution in [0.2, 0.25) is 20.1 Å². The van der Waals surface area contributed by atoms with Crippen molar-refractivity contribution >= 4 is 58.3 Å². The van der Waals surface area contributed by atoms with Crippen LogP contribution in [0.15, 0.2) is 0 Å². The van der Waals surface area contributed by atoms with E-state index in [0.29, 0.717) is 0 Å². The van der Waals surface area contributed by atoms with Crippen LogP contribution >= 0.6 is 46.4 Å². The zero-order valence-electron chi connectivity index (χ0n) is 7.24. The van der Waals surface area contributed by atoms with Crippen molar-refractivity contribution in [2.24, 2.45) is 0 Å². The van der Waals surface area contributed by atoms with Gasteiger partial charge in [-0.2, -0.15) is 0 Å². The summed E-state index contributed by atoms with van der Waals surface area (Å²) in [6.45, 7) is 0. The molecule has 4 nitrogen and oxygen atoms in total. The number of benzene rings is 1. The van der Waals surface area contributed by atoms with E-state index in [0.717, 1.165) is 0 Å². The number of esters is 2. The number of ether oxygens (including phenoxy) is 1. The summed E-state index contributed by atoms with van der Waals surface area (Å²) in [5.41, 5.74) is -0.276. The third-order valence-corrected chi connectivity index (χ3v) is 3.66. The minimum absolute atomic E-state index is 0. The highest BCUT2D eigenvalue weighted by atomic mass is 35.5. The molecule has 0 atom stereocenters. The second-order valence-corrected chi connectivity index (χ2v) is 4.19. The summed E-state index contributed by atoms with van der Waals surface area (Å²) in [5, 5.41) is -0.406. The van der Waals surface area contributed by atoms with Gasteiger partial charge in [-0.3, -0.25) is 0 Å². The molecule has 1 aliphatic heterocycles. The van der Waals surface area contributed by atoms with Gasteiger partial charge in [-0.15, -0.1) is 0 Å². The SMILES string of the molecule is O.O=C1OC(=O)c2c(Cl)c(Cl)c(Cl)c(Cl)c21. The van der Waals surface area contributed by atoms with Crippen molar-refractivity contribution in [3.8, 4) is 0 Å². The topological polar surface area (TPSA) is 74.9 Å². The van der Waals surface area contributed by atoms with Crippen molar-refractivity contribution in [2.45, 2.75) is 0 Å². The quantitative estimate of drug-likeness (QED) is 0.320. The Kier molecular flexibility index (Phi) is 3.72. The Morgan fingerprint density at radius 3 is 1.31 bits per heavy atom. The first-order valence-electron chi connectivity index (χ1n) is 3.57. The molecule has 2 rings (SSSR count). The number of rotatable bonds is 0. The molecule has 1 aromatic rings. The molecule has 2 N–H and O–H groups in total. The highest BCUT2D eigenvalue weighted by molar-refractivity contribution is 6.54. The summed E-state index contributed by atoms with van der Waals surface area (Å²) < 4.78 is 4.34. The summed E-state index contributed by atoms with van der Waals surface area (Å²) >= 11 is 22.9. The van der Waals surface area contributed by atoms with Crippen LogP contribution in [-0.4, -0.2) is 17.4 Å². The number of carbonyl (C=O) groups excluding carboxylic acids is 2. The van der Waals surface area contributed by atoms with Crippen LogP contribution in [0.3, 0.4) is 0 Å². The van der Waals surface area contributed by atoms with Crippen molar-refractivity contribution in [3.05, 3.63) is 31.2 Å². The molecule has 1 aromatic carbocycles. The number of hydrogen-bond acceptors (Lipinski definition) is 3. The van der Waals surface area contributed by atoms with Crippen molar-refractivity contribution in [2.75, 3.05) is 0 Å². The van der Waals surface area contributed by atoms with Crippen LogP contribution in [0.4, 0.5) is 0 Å². The zero-order chi connectivity index (χ0) is 11.3. The third kappa shape index (κ3) is 1.67. The molecule has 0 unspecified atom stereocenters. The van der Waals surface area contributed by atoms with E-state index >= 15 is 0 Å². The molecule has 0 aromatic heterocycles. The van der Waals surface area contributed by atoms with E-state index in [4.69, 9.17) is 46.4 Å². The lowest BCUT2D eigenvalue weighted by Gasteiger charge is -2.04. The van der Waals surface area contributed by atoms with Gasteiger partial charge in [0.2, 0.25) is 0 Å². The highest BCUT2D eigenvalue weighted by Gasteiger charge is 2.37. The molecule has 0 fully saturated rings. The molecule has 0 spiro atoms. The fourth-order valence-electron chi connectivity index (χ4n) is 1.20. The van der Waals surface area contributed by atoms with Crippen molar-refractivity contribution in [3.63, 3.8) is 0 Å². The molecule has 1 heterocycles. The van der Waals surface area contributed by atoms with E-state index in [1.165, 1.54) is 0 Å². The van der Waals surface area contributed by atoms with Gasteiger partial charge in [0.25, 0.3) is 0 Å². The Morgan fingerprint density at radius 1 is 0.688 bits per heavy atom. The molecule has 0 bridgehead atoms. The molecule has 0 aliphatic carbocycles. The predicted octanol–water partition coefficient (Wildman–Crippen LogP) is 2.79. The molecular formula is C8H2Cl4O4. The minimum Gasteiger partial charge on any atom is -0.412 e. The van der Waals surface area contributed by atoms with E-state index in [-0.39, 0.29) is 36.7 Å². The van der Waals surface area contributed by atoms with Gasteiger partial charge in [0.15, 0.2) is 0 Å². The van der Waals surface area contributed by atoms with E-state index in [9.17, 15) is 9.59 Å². The van der Waals surface area contributed by atoms with Crippen LogP contribution in [0.5, 0.6) is 0 Å². The minimum atomic E-state index is -0.875. The van der Waals surface area contributed by atoms with Gasteiger partial charge in [0.05, 0.1) is 31.2 Å². The Morgan fingerprint density at radius 2 is 1.00 bits per heavy atom. The Bertz CT molecular complexity index is 466. The summed E-state index contributed by atoms with van der Waals surface area (Å²) in [4.78, 5) is 22.4. The van der Waals surface area contributed by atoms with Crippen LogP contribution in [0.25, 0.3) is 0 Å². The number of hydrogen-bond donors (Lipinski definition) is 0. The lowest BCUT2D eigenvalue weighted by atomic mass is 10.1. The fourth-order valence-corrected chi connectivity index (χ4v) is 2.21. The molecule has 16 heavy (non-hydrogen) atoms.